The summed E-state index contributed by atoms with van der Waals surface area (Å²) in [6, 6.07) is 6.11. The SMILES string of the molecule is COC(=O)[C@H](Cc1ccc(OC2=CCCCC2=O)cc1)NC(=O)OC(C)(C)C. The lowest BCUT2D eigenvalue weighted by Gasteiger charge is -2.22. The number of hydrogen-bond acceptors (Lipinski definition) is 6. The first-order chi connectivity index (χ1) is 13.2. The van der Waals surface area contributed by atoms with E-state index in [1.165, 1.54) is 7.11 Å². The number of carbonyl (C=O) groups is 3. The number of amides is 1. The molecule has 7 heteroatoms. The summed E-state index contributed by atoms with van der Waals surface area (Å²) in [6.07, 6.45) is 3.53. The Hall–Kier alpha value is -2.83. The lowest BCUT2D eigenvalue weighted by molar-refractivity contribution is -0.143. The zero-order valence-electron chi connectivity index (χ0n) is 16.7. The standard InChI is InChI=1S/C21H27NO6/c1-21(2,3)28-20(25)22-16(19(24)26-4)13-14-9-11-15(12-10-14)27-18-8-6-5-7-17(18)23/h8-12,16H,5-7,13H2,1-4H3,(H,22,25)/t16-/m0/s1. The average Bonchev–Trinajstić information content (AvgIpc) is 2.62. The van der Waals surface area contributed by atoms with Gasteiger partial charge in [-0.1, -0.05) is 12.1 Å². The van der Waals surface area contributed by atoms with Crippen LogP contribution in [0, 0.1) is 0 Å². The smallest absolute Gasteiger partial charge is 0.408 e. The van der Waals surface area contributed by atoms with Crippen molar-refractivity contribution in [2.45, 2.75) is 58.1 Å². The van der Waals surface area contributed by atoms with E-state index in [-0.39, 0.29) is 12.2 Å². The van der Waals surface area contributed by atoms with Crippen LogP contribution < -0.4 is 10.1 Å². The third-order valence-corrected chi connectivity index (χ3v) is 3.98. The second-order valence-electron chi connectivity index (χ2n) is 7.56. The Morgan fingerprint density at radius 3 is 2.43 bits per heavy atom. The Morgan fingerprint density at radius 1 is 1.18 bits per heavy atom. The van der Waals surface area contributed by atoms with Crippen LogP contribution in [-0.2, 0) is 25.5 Å². The van der Waals surface area contributed by atoms with Crippen molar-refractivity contribution in [3.05, 3.63) is 41.7 Å². The number of hydrogen-bond donors (Lipinski definition) is 1. The van der Waals surface area contributed by atoms with Crippen LogP contribution in [0.2, 0.25) is 0 Å². The third-order valence-electron chi connectivity index (χ3n) is 3.98. The molecule has 28 heavy (non-hydrogen) atoms. The number of rotatable bonds is 6. The number of benzene rings is 1. The van der Waals surface area contributed by atoms with Crippen LogP contribution in [0.1, 0.15) is 45.6 Å². The molecule has 0 saturated heterocycles. The number of methoxy groups -OCH3 is 1. The Labute approximate surface area is 165 Å². The number of ether oxygens (including phenoxy) is 3. The van der Waals surface area contributed by atoms with E-state index in [2.05, 4.69) is 5.32 Å². The van der Waals surface area contributed by atoms with E-state index in [1.807, 2.05) is 0 Å². The Balaban J connectivity index is 2.01. The first-order valence-electron chi connectivity index (χ1n) is 9.25. The molecule has 0 spiro atoms. The topological polar surface area (TPSA) is 90.9 Å². The molecule has 7 nitrogen and oxygen atoms in total. The predicted molar refractivity (Wildman–Crippen MR) is 103 cm³/mol. The predicted octanol–water partition coefficient (Wildman–Crippen LogP) is 3.31. The maximum absolute atomic E-state index is 12.0. The summed E-state index contributed by atoms with van der Waals surface area (Å²) >= 11 is 0. The molecule has 0 heterocycles. The molecule has 1 aromatic carbocycles. The molecule has 1 aliphatic rings. The highest BCUT2D eigenvalue weighted by Gasteiger charge is 2.25. The maximum Gasteiger partial charge on any atom is 0.408 e. The van der Waals surface area contributed by atoms with E-state index in [1.54, 1.807) is 51.1 Å². The second-order valence-corrected chi connectivity index (χ2v) is 7.56. The van der Waals surface area contributed by atoms with E-state index in [4.69, 9.17) is 14.2 Å². The van der Waals surface area contributed by atoms with Gasteiger partial charge in [-0.05, 0) is 57.4 Å². The minimum absolute atomic E-state index is 0.00245. The van der Waals surface area contributed by atoms with E-state index >= 15 is 0 Å². The first kappa shape index (κ1) is 21.5. The number of esters is 1. The van der Waals surface area contributed by atoms with E-state index in [0.29, 0.717) is 17.9 Å². The van der Waals surface area contributed by atoms with Crippen LogP contribution in [0.15, 0.2) is 36.1 Å². The highest BCUT2D eigenvalue weighted by Crippen LogP contribution is 2.21. The molecule has 0 radical (unpaired) electrons. The van der Waals surface area contributed by atoms with Crippen LogP contribution in [-0.4, -0.2) is 36.6 Å². The largest absolute Gasteiger partial charge is 0.467 e. The fourth-order valence-electron chi connectivity index (χ4n) is 2.67. The molecule has 0 aliphatic heterocycles. The summed E-state index contributed by atoms with van der Waals surface area (Å²) in [4.78, 5) is 35.8. The highest BCUT2D eigenvalue weighted by atomic mass is 16.6. The number of allylic oxidation sites excluding steroid dienone is 2. The van der Waals surface area contributed by atoms with E-state index in [0.717, 1.165) is 18.4 Å². The molecule has 0 fully saturated rings. The van der Waals surface area contributed by atoms with Gasteiger partial charge in [0, 0.05) is 12.8 Å². The quantitative estimate of drug-likeness (QED) is 0.751. The first-order valence-corrected chi connectivity index (χ1v) is 9.25. The zero-order chi connectivity index (χ0) is 20.7. The summed E-state index contributed by atoms with van der Waals surface area (Å²) in [7, 11) is 1.26. The third kappa shape index (κ3) is 6.72. The fraction of sp³-hybridized carbons (Fsp3) is 0.476. The van der Waals surface area contributed by atoms with E-state index < -0.39 is 23.7 Å². The van der Waals surface area contributed by atoms with Crippen molar-refractivity contribution in [2.24, 2.45) is 0 Å². The molecule has 0 saturated carbocycles. The number of carbonyl (C=O) groups excluding carboxylic acids is 3. The van der Waals surface area contributed by atoms with Crippen molar-refractivity contribution in [1.29, 1.82) is 0 Å². The number of Topliss-reactive ketones (excluding diaryl/α,β-unsaturated/α-hetero) is 1. The molecule has 1 amide bonds. The van der Waals surface area contributed by atoms with E-state index in [9.17, 15) is 14.4 Å². The minimum atomic E-state index is -0.880. The molecule has 0 aromatic heterocycles. The van der Waals surface area contributed by atoms with Gasteiger partial charge in [-0.15, -0.1) is 0 Å². The summed E-state index contributed by atoms with van der Waals surface area (Å²) in [5.74, 6) is 0.352. The van der Waals surface area contributed by atoms with Gasteiger partial charge in [0.25, 0.3) is 0 Å². The van der Waals surface area contributed by atoms with Gasteiger partial charge in [0.1, 0.15) is 17.4 Å². The van der Waals surface area contributed by atoms with Crippen LogP contribution in [0.3, 0.4) is 0 Å². The van der Waals surface area contributed by atoms with Crippen molar-refractivity contribution in [2.75, 3.05) is 7.11 Å². The molecule has 1 N–H and O–H groups in total. The fourth-order valence-corrected chi connectivity index (χ4v) is 2.67. The van der Waals surface area contributed by atoms with Crippen molar-refractivity contribution >= 4 is 17.8 Å². The van der Waals surface area contributed by atoms with Crippen molar-refractivity contribution in [3.63, 3.8) is 0 Å². The average molecular weight is 389 g/mol. The summed E-state index contributed by atoms with van der Waals surface area (Å²) in [5, 5.41) is 2.54. The maximum atomic E-state index is 12.0. The second kappa shape index (κ2) is 9.39. The molecule has 152 valence electrons. The van der Waals surface area contributed by atoms with Gasteiger partial charge in [-0.3, -0.25) is 4.79 Å². The molecular weight excluding hydrogens is 362 g/mol. The molecular formula is C21H27NO6. The normalized spacial score (nSPS) is 15.3. The van der Waals surface area contributed by atoms with Gasteiger partial charge in [-0.2, -0.15) is 0 Å². The molecule has 1 atom stereocenters. The Morgan fingerprint density at radius 2 is 1.86 bits per heavy atom. The monoisotopic (exact) mass is 389 g/mol. The zero-order valence-corrected chi connectivity index (χ0v) is 16.7. The van der Waals surface area contributed by atoms with Gasteiger partial charge in [0.15, 0.2) is 11.5 Å². The van der Waals surface area contributed by atoms with Gasteiger partial charge in [-0.25, -0.2) is 9.59 Å². The van der Waals surface area contributed by atoms with Gasteiger partial charge in [0.05, 0.1) is 7.11 Å². The summed E-state index contributed by atoms with van der Waals surface area (Å²) in [6.45, 7) is 5.22. The lowest BCUT2D eigenvalue weighted by atomic mass is 10.0. The van der Waals surface area contributed by atoms with Crippen LogP contribution in [0.4, 0.5) is 4.79 Å². The summed E-state index contributed by atoms with van der Waals surface area (Å²) < 4.78 is 15.6. The molecule has 2 rings (SSSR count). The minimum Gasteiger partial charge on any atom is -0.467 e. The van der Waals surface area contributed by atoms with Crippen molar-refractivity contribution < 1.29 is 28.6 Å². The Kier molecular flexibility index (Phi) is 7.20. The number of ketones is 1. The van der Waals surface area contributed by atoms with Gasteiger partial charge < -0.3 is 19.5 Å². The number of nitrogens with one attached hydrogen (secondary N) is 1. The number of alkyl carbamates (subject to hydrolysis) is 1. The Bertz CT molecular complexity index is 745. The lowest BCUT2D eigenvalue weighted by Crippen LogP contribution is -2.45. The highest BCUT2D eigenvalue weighted by molar-refractivity contribution is 5.94. The van der Waals surface area contributed by atoms with Crippen LogP contribution in [0.25, 0.3) is 0 Å². The molecule has 0 bridgehead atoms. The van der Waals surface area contributed by atoms with Gasteiger partial charge >= 0.3 is 12.1 Å². The van der Waals surface area contributed by atoms with Crippen molar-refractivity contribution in [1.82, 2.24) is 5.32 Å². The van der Waals surface area contributed by atoms with Crippen molar-refractivity contribution in [3.8, 4) is 5.75 Å². The molecule has 0 unspecified atom stereocenters. The molecule has 1 aliphatic carbocycles. The molecule has 1 aromatic rings. The van der Waals surface area contributed by atoms with Crippen LogP contribution >= 0.6 is 0 Å². The van der Waals surface area contributed by atoms with Gasteiger partial charge in [0.2, 0.25) is 0 Å². The van der Waals surface area contributed by atoms with Crippen LogP contribution in [0.5, 0.6) is 5.75 Å². The summed E-state index contributed by atoms with van der Waals surface area (Å²) in [5.41, 5.74) is 0.123.